The van der Waals surface area contributed by atoms with Gasteiger partial charge in [0.15, 0.2) is 0 Å². The maximum Gasteiger partial charge on any atom is 0.217 e. The van der Waals surface area contributed by atoms with Gasteiger partial charge in [-0.15, -0.1) is 0 Å². The summed E-state index contributed by atoms with van der Waals surface area (Å²) in [4.78, 5) is 26.7. The van der Waals surface area contributed by atoms with Gasteiger partial charge in [0.05, 0.1) is 6.20 Å². The standard InChI is InChI=1S/C23H26FN7O/c1-15(17-3-5-18(24)6-4-17)27-21-11-20(31-10-7-19(14-31)28-16(2)32)12-22(29-21)30-23-13-25-8-9-26-23/h3-6,8-9,11-13,15,19H,7,10,14H2,1-2H3,(H,28,32)(H2,26,27,29,30). The molecule has 1 aliphatic rings. The summed E-state index contributed by atoms with van der Waals surface area (Å²) in [5.74, 6) is 1.60. The van der Waals surface area contributed by atoms with E-state index in [9.17, 15) is 9.18 Å². The number of carbonyl (C=O) groups is 1. The third-order valence-corrected chi connectivity index (χ3v) is 5.32. The molecular weight excluding hydrogens is 409 g/mol. The number of anilines is 4. The number of halogens is 1. The number of carbonyl (C=O) groups excluding carboxylic acids is 1. The van der Waals surface area contributed by atoms with Crippen LogP contribution in [0.4, 0.5) is 27.5 Å². The Kier molecular flexibility index (Phi) is 6.44. The Balaban J connectivity index is 1.58. The van der Waals surface area contributed by atoms with Crippen molar-refractivity contribution >= 4 is 29.0 Å². The van der Waals surface area contributed by atoms with Gasteiger partial charge in [-0.25, -0.2) is 14.4 Å². The number of rotatable bonds is 7. The molecule has 1 aromatic carbocycles. The van der Waals surface area contributed by atoms with Gasteiger partial charge in [-0.2, -0.15) is 0 Å². The number of aromatic nitrogens is 3. The second-order valence-electron chi connectivity index (χ2n) is 7.86. The Bertz CT molecular complexity index is 1060. The Morgan fingerprint density at radius 3 is 2.66 bits per heavy atom. The van der Waals surface area contributed by atoms with E-state index in [2.05, 4.69) is 30.8 Å². The minimum atomic E-state index is -0.265. The third-order valence-electron chi connectivity index (χ3n) is 5.32. The molecular formula is C23H26FN7O. The minimum Gasteiger partial charge on any atom is -0.369 e. The SMILES string of the molecule is CC(=O)NC1CCN(c2cc(Nc3cnccn3)nc(NC(C)c3ccc(F)cc3)c2)C1. The number of hydrogen-bond donors (Lipinski definition) is 3. The largest absolute Gasteiger partial charge is 0.369 e. The van der Waals surface area contributed by atoms with Gasteiger partial charge in [0.2, 0.25) is 5.91 Å². The average Bonchev–Trinajstić information content (AvgIpc) is 3.22. The zero-order chi connectivity index (χ0) is 22.5. The molecule has 1 aliphatic heterocycles. The van der Waals surface area contributed by atoms with Crippen LogP contribution < -0.4 is 20.9 Å². The topological polar surface area (TPSA) is 95.1 Å². The highest BCUT2D eigenvalue weighted by Gasteiger charge is 2.24. The molecule has 9 heteroatoms. The van der Waals surface area contributed by atoms with Crippen LogP contribution in [0, 0.1) is 5.82 Å². The van der Waals surface area contributed by atoms with Crippen molar-refractivity contribution in [2.75, 3.05) is 28.6 Å². The molecule has 1 saturated heterocycles. The monoisotopic (exact) mass is 435 g/mol. The van der Waals surface area contributed by atoms with Crippen LogP contribution in [0.2, 0.25) is 0 Å². The molecule has 2 unspecified atom stereocenters. The van der Waals surface area contributed by atoms with Crippen molar-refractivity contribution in [3.8, 4) is 0 Å². The lowest BCUT2D eigenvalue weighted by molar-refractivity contribution is -0.119. The predicted octanol–water partition coefficient (Wildman–Crippen LogP) is 3.64. The van der Waals surface area contributed by atoms with Gasteiger partial charge in [-0.05, 0) is 31.0 Å². The molecule has 2 atom stereocenters. The van der Waals surface area contributed by atoms with Gasteiger partial charge in [0, 0.05) is 62.3 Å². The van der Waals surface area contributed by atoms with Crippen molar-refractivity contribution in [3.05, 3.63) is 66.4 Å². The van der Waals surface area contributed by atoms with Gasteiger partial charge in [0.25, 0.3) is 0 Å². The summed E-state index contributed by atoms with van der Waals surface area (Å²) in [7, 11) is 0. The third kappa shape index (κ3) is 5.48. The summed E-state index contributed by atoms with van der Waals surface area (Å²) in [6.07, 6.45) is 5.73. The summed E-state index contributed by atoms with van der Waals surface area (Å²) in [6, 6.07) is 10.4. The molecule has 8 nitrogen and oxygen atoms in total. The molecule has 0 spiro atoms. The van der Waals surface area contributed by atoms with Crippen molar-refractivity contribution in [3.63, 3.8) is 0 Å². The maximum atomic E-state index is 13.3. The molecule has 166 valence electrons. The fourth-order valence-corrected chi connectivity index (χ4v) is 3.79. The van der Waals surface area contributed by atoms with E-state index in [4.69, 9.17) is 4.98 Å². The average molecular weight is 436 g/mol. The molecule has 0 aliphatic carbocycles. The number of nitrogens with one attached hydrogen (secondary N) is 3. The van der Waals surface area contributed by atoms with E-state index in [0.717, 1.165) is 30.8 Å². The summed E-state index contributed by atoms with van der Waals surface area (Å²) in [5.41, 5.74) is 1.93. The van der Waals surface area contributed by atoms with Crippen molar-refractivity contribution < 1.29 is 9.18 Å². The van der Waals surface area contributed by atoms with Crippen LogP contribution in [-0.2, 0) is 4.79 Å². The molecule has 0 saturated carbocycles. The lowest BCUT2D eigenvalue weighted by Gasteiger charge is -2.22. The van der Waals surface area contributed by atoms with Crippen LogP contribution in [-0.4, -0.2) is 40.0 Å². The highest BCUT2D eigenvalue weighted by atomic mass is 19.1. The zero-order valence-electron chi connectivity index (χ0n) is 18.0. The molecule has 3 heterocycles. The van der Waals surface area contributed by atoms with Gasteiger partial charge in [-0.3, -0.25) is 9.78 Å². The molecule has 3 aromatic rings. The Morgan fingerprint density at radius 1 is 1.16 bits per heavy atom. The number of benzene rings is 1. The lowest BCUT2D eigenvalue weighted by atomic mass is 10.1. The Hall–Kier alpha value is -3.75. The van der Waals surface area contributed by atoms with Crippen molar-refractivity contribution in [2.45, 2.75) is 32.4 Å². The van der Waals surface area contributed by atoms with E-state index < -0.39 is 0 Å². The highest BCUT2D eigenvalue weighted by molar-refractivity contribution is 5.73. The minimum absolute atomic E-state index is 0.0212. The smallest absolute Gasteiger partial charge is 0.217 e. The van der Waals surface area contributed by atoms with E-state index in [-0.39, 0.29) is 23.8 Å². The number of amides is 1. The van der Waals surface area contributed by atoms with E-state index >= 15 is 0 Å². The second-order valence-corrected chi connectivity index (χ2v) is 7.86. The first-order valence-electron chi connectivity index (χ1n) is 10.6. The number of hydrogen-bond acceptors (Lipinski definition) is 7. The molecule has 1 amide bonds. The fraction of sp³-hybridized carbons (Fsp3) is 0.304. The second kappa shape index (κ2) is 9.59. The number of pyridine rings is 1. The highest BCUT2D eigenvalue weighted by Crippen LogP contribution is 2.29. The van der Waals surface area contributed by atoms with Crippen LogP contribution in [0.3, 0.4) is 0 Å². The Morgan fingerprint density at radius 2 is 1.94 bits per heavy atom. The van der Waals surface area contributed by atoms with E-state index in [1.165, 1.54) is 19.1 Å². The Labute approximate surface area is 186 Å². The van der Waals surface area contributed by atoms with E-state index in [1.807, 2.05) is 19.1 Å². The van der Waals surface area contributed by atoms with Gasteiger partial charge in [0.1, 0.15) is 23.3 Å². The summed E-state index contributed by atoms with van der Waals surface area (Å²) < 4.78 is 13.3. The van der Waals surface area contributed by atoms with Crippen LogP contribution >= 0.6 is 0 Å². The first-order valence-corrected chi connectivity index (χ1v) is 10.6. The van der Waals surface area contributed by atoms with Crippen molar-refractivity contribution in [2.24, 2.45) is 0 Å². The summed E-state index contributed by atoms with van der Waals surface area (Å²) >= 11 is 0. The number of nitrogens with zero attached hydrogens (tertiary/aromatic N) is 4. The van der Waals surface area contributed by atoms with Gasteiger partial charge in [-0.1, -0.05) is 12.1 Å². The summed E-state index contributed by atoms with van der Waals surface area (Å²) in [5, 5.41) is 9.60. The fourth-order valence-electron chi connectivity index (χ4n) is 3.79. The first-order chi connectivity index (χ1) is 15.5. The molecule has 32 heavy (non-hydrogen) atoms. The molecule has 2 aromatic heterocycles. The maximum absolute atomic E-state index is 13.3. The van der Waals surface area contributed by atoms with Gasteiger partial charge < -0.3 is 20.9 Å². The quantitative estimate of drug-likeness (QED) is 0.521. The zero-order valence-corrected chi connectivity index (χ0v) is 18.0. The first kappa shape index (κ1) is 21.5. The normalized spacial score (nSPS) is 16.5. The predicted molar refractivity (Wildman–Crippen MR) is 122 cm³/mol. The van der Waals surface area contributed by atoms with Crippen LogP contribution in [0.1, 0.15) is 31.9 Å². The van der Waals surface area contributed by atoms with Crippen LogP contribution in [0.25, 0.3) is 0 Å². The van der Waals surface area contributed by atoms with E-state index in [0.29, 0.717) is 17.5 Å². The molecule has 0 bridgehead atoms. The van der Waals surface area contributed by atoms with Crippen molar-refractivity contribution in [1.82, 2.24) is 20.3 Å². The molecule has 0 radical (unpaired) electrons. The van der Waals surface area contributed by atoms with Gasteiger partial charge >= 0.3 is 0 Å². The van der Waals surface area contributed by atoms with Crippen molar-refractivity contribution in [1.29, 1.82) is 0 Å². The lowest BCUT2D eigenvalue weighted by Crippen LogP contribution is -2.35. The summed E-state index contributed by atoms with van der Waals surface area (Å²) in [6.45, 7) is 5.09. The molecule has 3 N–H and O–H groups in total. The van der Waals surface area contributed by atoms with Crippen LogP contribution in [0.15, 0.2) is 55.0 Å². The molecule has 4 rings (SSSR count). The van der Waals surface area contributed by atoms with Crippen LogP contribution in [0.5, 0.6) is 0 Å². The molecule has 1 fully saturated rings. The van der Waals surface area contributed by atoms with E-state index in [1.54, 1.807) is 30.7 Å².